The summed E-state index contributed by atoms with van der Waals surface area (Å²) in [4.78, 5) is 69.0. The molecule has 3 aliphatic heterocycles. The van der Waals surface area contributed by atoms with Crippen LogP contribution in [0.1, 0.15) is 85.3 Å². The number of aromatic nitrogens is 2. The van der Waals surface area contributed by atoms with Gasteiger partial charge in [-0.15, -0.1) is 0 Å². The third kappa shape index (κ3) is 19.7. The molecule has 4 aromatic heterocycles. The van der Waals surface area contributed by atoms with Crippen LogP contribution in [0.2, 0.25) is 0 Å². The van der Waals surface area contributed by atoms with E-state index in [-0.39, 0.29) is 63.8 Å². The van der Waals surface area contributed by atoms with Crippen molar-refractivity contribution in [2.45, 2.75) is 37.6 Å². The molecular weight excluding hydrogens is 1490 g/mol. The number of phenols is 3. The minimum Gasteiger partial charge on any atom is -0.508 e. The number of rotatable bonds is 7. The molecule has 16 nitrogen and oxygen atoms in total. The number of aromatic hydroxyl groups is 3. The molecule has 119 heavy (non-hydrogen) atoms. The molecule has 582 valence electrons. The van der Waals surface area contributed by atoms with E-state index >= 15 is 0 Å². The quantitative estimate of drug-likeness (QED) is 0.134. The van der Waals surface area contributed by atoms with Gasteiger partial charge in [-0.2, -0.15) is 0 Å². The summed E-state index contributed by atoms with van der Waals surface area (Å²) in [6, 6.07) is 120. The Bertz CT molecular complexity index is 6630. The second-order valence-corrected chi connectivity index (χ2v) is 27.8. The Morgan fingerprint density at radius 3 is 1.24 bits per heavy atom. The number of pyridine rings is 1. The number of benzene rings is 14. The first kappa shape index (κ1) is 78.5. The third-order valence-electron chi connectivity index (χ3n) is 19.6. The predicted octanol–water partition coefficient (Wildman–Crippen LogP) is 23.6. The van der Waals surface area contributed by atoms with Crippen molar-refractivity contribution in [3.05, 3.63) is 442 Å². The molecule has 0 amide bonds. The number of oxazole rings is 1. The zero-order chi connectivity index (χ0) is 81.8. The molecule has 21 rings (SSSR count). The standard InChI is InChI=1S/C15H11N.C15H12O3.C15H10O3.C15H12O3.C15H12O2.C15H10O2.C13H9NO/c1-2-6-12(7-3-1)15-11-10-13-8-4-5-9-14(13)16-15;2*16-11-6-7-14-12(8-11)13(17)9-15(18-14)10-4-2-1-3-5-10;16-11-6-7-12-13(17)9-14(18-15(12)8-11)10-4-2-1-3-5-10;2*16-13-10-15(11-6-2-1-3-7-11)17-14-9-5-4-8-12(13)14;1-2-6-10(7-3-1)13-14-11-8-4-5-9-12(11)15-13/h1-11H;1-8,15-16H,9H2;1-9,16H;1-8,14,16H,9H2;1-9,15H,10H2;1-10H;1-9H. The number of ether oxygens (including phenoxy) is 3. The van der Waals surface area contributed by atoms with Crippen molar-refractivity contribution in [3.63, 3.8) is 0 Å². The summed E-state index contributed by atoms with van der Waals surface area (Å²) in [6.07, 6.45) is 0.394. The Hall–Kier alpha value is -15.8. The summed E-state index contributed by atoms with van der Waals surface area (Å²) in [5, 5.41) is 30.4. The molecule has 0 aliphatic carbocycles. The fourth-order valence-electron chi connectivity index (χ4n) is 13.6. The van der Waals surface area contributed by atoms with Gasteiger partial charge >= 0.3 is 0 Å². The Morgan fingerprint density at radius 2 is 0.672 bits per heavy atom. The van der Waals surface area contributed by atoms with Crippen LogP contribution >= 0.6 is 0 Å². The van der Waals surface area contributed by atoms with E-state index in [1.165, 1.54) is 53.9 Å². The predicted molar refractivity (Wildman–Crippen MR) is 463 cm³/mol. The molecule has 0 saturated heterocycles. The summed E-state index contributed by atoms with van der Waals surface area (Å²) in [7, 11) is 0. The van der Waals surface area contributed by atoms with Crippen LogP contribution in [-0.4, -0.2) is 42.6 Å². The molecular formula is C103H76N2O14. The van der Waals surface area contributed by atoms with Crippen LogP contribution in [0.4, 0.5) is 0 Å². The van der Waals surface area contributed by atoms with Gasteiger partial charge in [0.1, 0.15) is 81.0 Å². The van der Waals surface area contributed by atoms with Crippen molar-refractivity contribution in [2.24, 2.45) is 0 Å². The number of fused-ring (bicyclic) bond motifs is 7. The monoisotopic (exact) mass is 1560 g/mol. The van der Waals surface area contributed by atoms with Crippen molar-refractivity contribution >= 4 is 61.3 Å². The molecule has 3 atom stereocenters. The molecule has 0 radical (unpaired) electrons. The number of hydrogen-bond acceptors (Lipinski definition) is 16. The second-order valence-electron chi connectivity index (χ2n) is 27.8. The minimum atomic E-state index is -0.270. The summed E-state index contributed by atoms with van der Waals surface area (Å²) >= 11 is 0. The molecule has 3 N–H and O–H groups in total. The number of para-hydroxylation sites is 5. The zero-order valence-corrected chi connectivity index (χ0v) is 64.0. The maximum Gasteiger partial charge on any atom is 0.227 e. The Morgan fingerprint density at radius 1 is 0.269 bits per heavy atom. The maximum absolute atomic E-state index is 12.0. The number of hydrogen-bond donors (Lipinski definition) is 3. The number of ketones is 3. The van der Waals surface area contributed by atoms with Gasteiger partial charge in [0, 0.05) is 45.8 Å². The first-order valence-electron chi connectivity index (χ1n) is 38.5. The Kier molecular flexibility index (Phi) is 24.7. The van der Waals surface area contributed by atoms with Gasteiger partial charge in [0.25, 0.3) is 0 Å². The highest BCUT2D eigenvalue weighted by atomic mass is 16.5. The van der Waals surface area contributed by atoms with E-state index in [1.807, 2.05) is 285 Å². The van der Waals surface area contributed by atoms with E-state index in [2.05, 4.69) is 40.3 Å². The van der Waals surface area contributed by atoms with E-state index in [0.29, 0.717) is 92.6 Å². The number of nitrogens with zero attached hydrogens (tertiary/aromatic N) is 2. The van der Waals surface area contributed by atoms with E-state index in [4.69, 9.17) is 27.5 Å². The van der Waals surface area contributed by atoms with Gasteiger partial charge in [-0.1, -0.05) is 261 Å². The molecule has 18 aromatic rings. The van der Waals surface area contributed by atoms with Crippen molar-refractivity contribution in [2.75, 3.05) is 0 Å². The largest absolute Gasteiger partial charge is 0.508 e. The Balaban J connectivity index is 0.000000108. The smallest absolute Gasteiger partial charge is 0.227 e. The number of phenolic OH excluding ortho intramolecular Hbond substituents is 3. The van der Waals surface area contributed by atoms with Crippen LogP contribution < -0.4 is 25.1 Å². The van der Waals surface area contributed by atoms with E-state index in [0.717, 1.165) is 61.3 Å². The molecule has 7 heterocycles. The van der Waals surface area contributed by atoms with Gasteiger partial charge in [-0.3, -0.25) is 24.0 Å². The van der Waals surface area contributed by atoms with Gasteiger partial charge in [0.15, 0.2) is 33.8 Å². The minimum absolute atomic E-state index is 0.000929. The van der Waals surface area contributed by atoms with Crippen LogP contribution in [0.5, 0.6) is 34.5 Å². The summed E-state index contributed by atoms with van der Waals surface area (Å²) in [5.74, 6) is 3.95. The lowest BCUT2D eigenvalue weighted by atomic mass is 9.96. The fraction of sp³-hybridized carbons (Fsp3) is 0.0583. The molecule has 16 heteroatoms. The lowest BCUT2D eigenvalue weighted by Crippen LogP contribution is -2.20. The first-order chi connectivity index (χ1) is 58.3. The summed E-state index contributed by atoms with van der Waals surface area (Å²) in [5.41, 5.74) is 13.4. The molecule has 0 bridgehead atoms. The molecule has 0 fully saturated rings. The van der Waals surface area contributed by atoms with Crippen LogP contribution in [0, 0.1) is 0 Å². The highest BCUT2D eigenvalue weighted by Crippen LogP contribution is 2.40. The van der Waals surface area contributed by atoms with Crippen LogP contribution in [-0.2, 0) is 0 Å². The van der Waals surface area contributed by atoms with Crippen LogP contribution in [0.25, 0.3) is 89.3 Å². The highest BCUT2D eigenvalue weighted by molar-refractivity contribution is 6.02. The third-order valence-corrected chi connectivity index (χ3v) is 19.6. The average Bonchev–Trinajstić information content (AvgIpc) is 1.74. The first-order valence-corrected chi connectivity index (χ1v) is 38.5. The van der Waals surface area contributed by atoms with Crippen LogP contribution in [0.15, 0.2) is 411 Å². The highest BCUT2D eigenvalue weighted by Gasteiger charge is 2.30. The number of Topliss-reactive ketones (excluding diaryl/α,β-unsaturated/α-hetero) is 3. The van der Waals surface area contributed by atoms with Crippen molar-refractivity contribution < 1.29 is 57.2 Å². The zero-order valence-electron chi connectivity index (χ0n) is 64.0. The lowest BCUT2D eigenvalue weighted by molar-refractivity contribution is 0.0840. The van der Waals surface area contributed by atoms with E-state index < -0.39 is 0 Å². The van der Waals surface area contributed by atoms with E-state index in [9.17, 15) is 39.3 Å². The fourth-order valence-corrected chi connectivity index (χ4v) is 13.6. The molecule has 14 aromatic carbocycles. The van der Waals surface area contributed by atoms with Crippen molar-refractivity contribution in [3.8, 4) is 79.9 Å². The maximum atomic E-state index is 12.0. The number of carbonyl (C=O) groups excluding carboxylic acids is 3. The van der Waals surface area contributed by atoms with Crippen molar-refractivity contribution in [1.29, 1.82) is 0 Å². The van der Waals surface area contributed by atoms with Gasteiger partial charge in [0.2, 0.25) is 5.89 Å². The molecule has 0 saturated carbocycles. The van der Waals surface area contributed by atoms with Crippen molar-refractivity contribution in [1.82, 2.24) is 9.97 Å². The normalized spacial score (nSPS) is 13.9. The van der Waals surface area contributed by atoms with Crippen LogP contribution in [0.3, 0.4) is 0 Å². The molecule has 3 unspecified atom stereocenters. The SMILES string of the molecule is O=C1CC(c2ccccc2)Oc2cc(O)ccc21.O=C1CC(c2ccccc2)Oc2ccc(O)cc21.O=C1CC(c2ccccc2)Oc2ccccc21.O=c1cc(-c2ccccc2)oc2ccc(O)cc12.O=c1cc(-c2ccccc2)oc2ccccc12.c1ccc(-c2ccc3ccccc3n2)cc1.c1ccc(-c2nc3ccccc3o2)cc1. The topological polar surface area (TPSA) is 239 Å². The average molecular weight is 1570 g/mol. The molecule has 3 aliphatic rings. The summed E-state index contributed by atoms with van der Waals surface area (Å²) in [6.45, 7) is 0. The lowest BCUT2D eigenvalue weighted by Gasteiger charge is -2.25. The second kappa shape index (κ2) is 37.4. The number of carbonyl (C=O) groups is 3. The van der Waals surface area contributed by atoms with Gasteiger partial charge in [-0.25, -0.2) is 9.97 Å². The van der Waals surface area contributed by atoms with Gasteiger partial charge in [-0.05, 0) is 126 Å². The van der Waals surface area contributed by atoms with Gasteiger partial charge in [0.05, 0.1) is 57.9 Å². The Labute approximate surface area is 684 Å². The molecule has 0 spiro atoms. The van der Waals surface area contributed by atoms with Gasteiger partial charge < -0.3 is 42.8 Å². The van der Waals surface area contributed by atoms with E-state index in [1.54, 1.807) is 24.3 Å². The summed E-state index contributed by atoms with van der Waals surface area (Å²) < 4.78 is 34.5.